The van der Waals surface area contributed by atoms with E-state index in [9.17, 15) is 0 Å². The van der Waals surface area contributed by atoms with Gasteiger partial charge in [-0.1, -0.05) is 42.5 Å². The van der Waals surface area contributed by atoms with E-state index in [4.69, 9.17) is 4.98 Å². The van der Waals surface area contributed by atoms with Crippen LogP contribution in [0.15, 0.2) is 122 Å². The highest BCUT2D eigenvalue weighted by molar-refractivity contribution is 7.25. The number of hydrogen-bond acceptors (Lipinski definition) is 4. The molecule has 3 aromatic carbocycles. The van der Waals surface area contributed by atoms with E-state index >= 15 is 0 Å². The number of rotatable bonds is 3. The fraction of sp³-hybridized carbons (Fsp3) is 0. The first-order valence-electron chi connectivity index (χ1n) is 12.5. The first-order valence-corrected chi connectivity index (χ1v) is 13.3. The molecule has 178 valence electrons. The summed E-state index contributed by atoms with van der Waals surface area (Å²) >= 11 is 1.84. The molecule has 0 radical (unpaired) electrons. The van der Waals surface area contributed by atoms with Crippen molar-refractivity contribution in [3.05, 3.63) is 122 Å². The first-order chi connectivity index (χ1) is 18.8. The van der Waals surface area contributed by atoms with Gasteiger partial charge in [0, 0.05) is 61.6 Å². The molecule has 0 N–H and O–H groups in total. The molecular weight excluding hydrogens is 484 g/mol. The average molecular weight is 505 g/mol. The number of fused-ring (bicyclic) bond motifs is 6. The topological polar surface area (TPSA) is 43.6 Å². The van der Waals surface area contributed by atoms with E-state index in [0.717, 1.165) is 50.0 Å². The van der Waals surface area contributed by atoms with Crippen molar-refractivity contribution >= 4 is 53.4 Å². The van der Waals surface area contributed by atoms with Crippen LogP contribution in [0.4, 0.5) is 0 Å². The molecule has 4 nitrogen and oxygen atoms in total. The van der Waals surface area contributed by atoms with Crippen LogP contribution in [-0.2, 0) is 0 Å². The van der Waals surface area contributed by atoms with Crippen LogP contribution in [-0.4, -0.2) is 19.5 Å². The Morgan fingerprint density at radius 3 is 2.29 bits per heavy atom. The van der Waals surface area contributed by atoms with Crippen molar-refractivity contribution in [2.45, 2.75) is 0 Å². The third-order valence-corrected chi connectivity index (χ3v) is 8.31. The van der Waals surface area contributed by atoms with Crippen molar-refractivity contribution in [1.29, 1.82) is 0 Å². The smallest absolute Gasteiger partial charge is 0.0964 e. The second-order valence-electron chi connectivity index (χ2n) is 9.39. The van der Waals surface area contributed by atoms with Crippen molar-refractivity contribution in [2.75, 3.05) is 0 Å². The lowest BCUT2D eigenvalue weighted by Gasteiger charge is -2.10. The maximum Gasteiger partial charge on any atom is 0.0964 e. The van der Waals surface area contributed by atoms with Crippen LogP contribution in [0.3, 0.4) is 0 Å². The zero-order chi connectivity index (χ0) is 25.1. The molecule has 0 saturated carbocycles. The van der Waals surface area contributed by atoms with E-state index in [1.165, 1.54) is 20.2 Å². The van der Waals surface area contributed by atoms with Gasteiger partial charge in [-0.25, -0.2) is 0 Å². The van der Waals surface area contributed by atoms with Crippen LogP contribution < -0.4 is 0 Å². The molecule has 8 aromatic rings. The zero-order valence-electron chi connectivity index (χ0n) is 20.2. The third-order valence-electron chi connectivity index (χ3n) is 7.18. The molecule has 0 spiro atoms. The van der Waals surface area contributed by atoms with Gasteiger partial charge in [0.1, 0.15) is 0 Å². The standard InChI is InChI=1S/C33H20N4S/c1-2-9-31-25(7-1)26-17-27-29(18-32(26)38-31)37(24-12-10-21(11-13-24)22-6-5-14-34-19-22)30-16-23(20-36-33(27)30)28-8-3-4-15-35-28/h1-20H. The van der Waals surface area contributed by atoms with Gasteiger partial charge in [-0.3, -0.25) is 15.0 Å². The van der Waals surface area contributed by atoms with E-state index in [0.29, 0.717) is 0 Å². The molecule has 0 unspecified atom stereocenters. The number of hydrogen-bond donors (Lipinski definition) is 0. The molecule has 38 heavy (non-hydrogen) atoms. The fourth-order valence-corrected chi connectivity index (χ4v) is 6.51. The Morgan fingerprint density at radius 2 is 1.45 bits per heavy atom. The van der Waals surface area contributed by atoms with Gasteiger partial charge in [0.2, 0.25) is 0 Å². The highest BCUT2D eigenvalue weighted by Gasteiger charge is 2.17. The molecule has 0 amide bonds. The van der Waals surface area contributed by atoms with E-state index in [-0.39, 0.29) is 0 Å². The minimum absolute atomic E-state index is 0.914. The number of thiophene rings is 1. The first kappa shape index (κ1) is 21.2. The number of pyridine rings is 3. The van der Waals surface area contributed by atoms with E-state index in [1.54, 1.807) is 6.20 Å². The predicted octanol–water partition coefficient (Wildman–Crippen LogP) is 8.67. The van der Waals surface area contributed by atoms with Crippen molar-refractivity contribution in [3.8, 4) is 28.1 Å². The normalized spacial score (nSPS) is 11.7. The van der Waals surface area contributed by atoms with Gasteiger partial charge >= 0.3 is 0 Å². The van der Waals surface area contributed by atoms with E-state index in [1.807, 2.05) is 54.2 Å². The van der Waals surface area contributed by atoms with Gasteiger partial charge in [0.15, 0.2) is 0 Å². The Labute approximate surface area is 222 Å². The largest absolute Gasteiger partial charge is 0.308 e. The van der Waals surface area contributed by atoms with Crippen molar-refractivity contribution in [2.24, 2.45) is 0 Å². The van der Waals surface area contributed by atoms with Gasteiger partial charge in [0.05, 0.1) is 22.2 Å². The van der Waals surface area contributed by atoms with Crippen LogP contribution in [0.1, 0.15) is 0 Å². The average Bonchev–Trinajstić information content (AvgIpc) is 3.51. The minimum Gasteiger partial charge on any atom is -0.308 e. The molecule has 0 aliphatic rings. The summed E-state index contributed by atoms with van der Waals surface area (Å²) < 4.78 is 4.91. The SMILES string of the molecule is c1ccc(-c2cnc3c4cc5c(cc4n(-c4ccc(-c6cccnc6)cc4)c3c2)sc2ccccc25)nc1. The van der Waals surface area contributed by atoms with Crippen LogP contribution in [0.2, 0.25) is 0 Å². The highest BCUT2D eigenvalue weighted by atomic mass is 32.1. The Morgan fingerprint density at radius 1 is 0.553 bits per heavy atom. The Kier molecular flexibility index (Phi) is 4.66. The van der Waals surface area contributed by atoms with Crippen molar-refractivity contribution in [1.82, 2.24) is 19.5 Å². The molecule has 0 aliphatic carbocycles. The molecule has 8 rings (SSSR count). The molecule has 5 aromatic heterocycles. The molecule has 0 fully saturated rings. The lowest BCUT2D eigenvalue weighted by atomic mass is 10.1. The second-order valence-corrected chi connectivity index (χ2v) is 10.5. The molecule has 5 heterocycles. The second kappa shape index (κ2) is 8.33. The Bertz CT molecular complexity index is 2110. The summed E-state index contributed by atoms with van der Waals surface area (Å²) in [6.07, 6.45) is 7.47. The number of benzene rings is 3. The monoisotopic (exact) mass is 504 g/mol. The fourth-order valence-electron chi connectivity index (χ4n) is 5.38. The molecule has 0 saturated heterocycles. The summed E-state index contributed by atoms with van der Waals surface area (Å²) in [7, 11) is 0. The van der Waals surface area contributed by atoms with Gasteiger partial charge in [-0.05, 0) is 65.7 Å². The van der Waals surface area contributed by atoms with Crippen LogP contribution in [0.5, 0.6) is 0 Å². The summed E-state index contributed by atoms with van der Waals surface area (Å²) in [6.45, 7) is 0. The third kappa shape index (κ3) is 3.26. The number of aromatic nitrogens is 4. The molecule has 0 bridgehead atoms. The van der Waals surface area contributed by atoms with Gasteiger partial charge < -0.3 is 4.57 Å². The zero-order valence-corrected chi connectivity index (χ0v) is 21.1. The Hall–Kier alpha value is -4.87. The summed E-state index contributed by atoms with van der Waals surface area (Å²) in [6, 6.07) is 34.2. The molecule has 0 atom stereocenters. The molecule has 0 aliphatic heterocycles. The highest BCUT2D eigenvalue weighted by Crippen LogP contribution is 2.40. The van der Waals surface area contributed by atoms with Crippen LogP contribution >= 0.6 is 11.3 Å². The summed E-state index contributed by atoms with van der Waals surface area (Å²) in [5, 5.41) is 3.72. The summed E-state index contributed by atoms with van der Waals surface area (Å²) in [5.74, 6) is 0. The lowest BCUT2D eigenvalue weighted by Crippen LogP contribution is -1.95. The van der Waals surface area contributed by atoms with Crippen molar-refractivity contribution < 1.29 is 0 Å². The van der Waals surface area contributed by atoms with Crippen molar-refractivity contribution in [3.63, 3.8) is 0 Å². The quantitative estimate of drug-likeness (QED) is 0.242. The number of nitrogens with zero attached hydrogens (tertiary/aromatic N) is 4. The van der Waals surface area contributed by atoms with Gasteiger partial charge in [0.25, 0.3) is 0 Å². The van der Waals surface area contributed by atoms with E-state index in [2.05, 4.69) is 87.3 Å². The van der Waals surface area contributed by atoms with Gasteiger partial charge in [-0.2, -0.15) is 0 Å². The maximum atomic E-state index is 5.00. The minimum atomic E-state index is 0.914. The van der Waals surface area contributed by atoms with E-state index < -0.39 is 0 Å². The predicted molar refractivity (Wildman–Crippen MR) is 158 cm³/mol. The molecule has 5 heteroatoms. The molecular formula is C33H20N4S. The van der Waals surface area contributed by atoms with Crippen LogP contribution in [0, 0.1) is 0 Å². The lowest BCUT2D eigenvalue weighted by molar-refractivity contribution is 1.18. The van der Waals surface area contributed by atoms with Crippen LogP contribution in [0.25, 0.3) is 70.2 Å². The van der Waals surface area contributed by atoms with Gasteiger partial charge in [-0.15, -0.1) is 11.3 Å². The summed E-state index contributed by atoms with van der Waals surface area (Å²) in [5.41, 5.74) is 8.47. The maximum absolute atomic E-state index is 5.00. The Balaban J connectivity index is 1.42. The summed E-state index contributed by atoms with van der Waals surface area (Å²) in [4.78, 5) is 13.9.